The second-order valence-electron chi connectivity index (χ2n) is 9.02. The van der Waals surface area contributed by atoms with Crippen molar-refractivity contribution in [3.8, 4) is 11.1 Å². The van der Waals surface area contributed by atoms with E-state index in [4.69, 9.17) is 0 Å². The number of carbonyl (C=O) groups excluding carboxylic acids is 1. The molecule has 0 unspecified atom stereocenters. The van der Waals surface area contributed by atoms with Crippen molar-refractivity contribution in [2.75, 3.05) is 6.54 Å². The minimum atomic E-state index is -4.10. The Bertz CT molecular complexity index is 1180. The molecule has 188 valence electrons. The van der Waals surface area contributed by atoms with E-state index in [1.807, 2.05) is 13.8 Å². The molecule has 10 nitrogen and oxygen atoms in total. The molecule has 0 radical (unpaired) electrons. The molecule has 1 saturated heterocycles. The van der Waals surface area contributed by atoms with Gasteiger partial charge in [-0.05, 0) is 60.6 Å². The molecule has 2 aromatic carbocycles. The Morgan fingerprint density at radius 1 is 1.11 bits per heavy atom. The van der Waals surface area contributed by atoms with Crippen LogP contribution in [0.2, 0.25) is 0 Å². The summed E-state index contributed by atoms with van der Waals surface area (Å²) in [5.74, 6) is -1.06. The lowest BCUT2D eigenvalue weighted by molar-refractivity contribution is -0.384. The van der Waals surface area contributed by atoms with Gasteiger partial charge in [0.25, 0.3) is 5.69 Å². The van der Waals surface area contributed by atoms with Crippen LogP contribution in [-0.4, -0.2) is 53.3 Å². The Hall–Kier alpha value is -3.31. The number of carboxylic acid groups (broad SMARTS) is 1. The molecule has 3 rings (SSSR count). The van der Waals surface area contributed by atoms with Gasteiger partial charge >= 0.3 is 5.97 Å². The maximum Gasteiger partial charge on any atom is 0.322 e. The average Bonchev–Trinajstić information content (AvgIpc) is 2.82. The number of nitro benzene ring substituents is 1. The minimum Gasteiger partial charge on any atom is -0.480 e. The van der Waals surface area contributed by atoms with Crippen molar-refractivity contribution in [1.29, 1.82) is 0 Å². The average molecular weight is 504 g/mol. The van der Waals surface area contributed by atoms with Crippen molar-refractivity contribution in [2.45, 2.75) is 56.5 Å². The van der Waals surface area contributed by atoms with Crippen molar-refractivity contribution in [3.63, 3.8) is 0 Å². The third-order valence-electron chi connectivity index (χ3n) is 6.02. The Morgan fingerprint density at radius 2 is 1.69 bits per heavy atom. The number of non-ortho nitro benzene ring substituents is 1. The molecule has 0 spiro atoms. The molecule has 1 aliphatic rings. The normalized spacial score (nSPS) is 18.8. The van der Waals surface area contributed by atoms with Crippen LogP contribution in [0.25, 0.3) is 11.1 Å². The fourth-order valence-corrected chi connectivity index (χ4v) is 5.64. The van der Waals surface area contributed by atoms with Gasteiger partial charge < -0.3 is 10.4 Å². The summed E-state index contributed by atoms with van der Waals surface area (Å²) in [5, 5.41) is 23.4. The highest BCUT2D eigenvalue weighted by Crippen LogP contribution is 2.29. The zero-order valence-electron chi connectivity index (χ0n) is 19.6. The number of hydrogen-bond donors (Lipinski definition) is 2. The summed E-state index contributed by atoms with van der Waals surface area (Å²) < 4.78 is 27.5. The van der Waals surface area contributed by atoms with Crippen LogP contribution in [0, 0.1) is 16.0 Å². The van der Waals surface area contributed by atoms with E-state index in [1.54, 1.807) is 24.3 Å². The molecule has 0 saturated carbocycles. The standard InChI is InChI=1S/C24H29N3O7S/c1-16(2)3-12-23(28)25-19-13-14-26(22(15-19)24(29)30)35(33,34)21-10-6-18(7-11-21)17-4-8-20(9-5-17)27(31)32/h4-11,16,19,22H,3,12-15H2,1-2H3,(H,25,28)(H,29,30)/t19-,22-/m1/s1. The van der Waals surface area contributed by atoms with Crippen molar-refractivity contribution >= 4 is 27.6 Å². The number of carbonyl (C=O) groups is 2. The smallest absolute Gasteiger partial charge is 0.322 e. The first-order valence-corrected chi connectivity index (χ1v) is 12.8. The van der Waals surface area contributed by atoms with Crippen LogP contribution in [0.1, 0.15) is 39.5 Å². The maximum absolute atomic E-state index is 13.3. The van der Waals surface area contributed by atoms with Gasteiger partial charge in [-0.3, -0.25) is 19.7 Å². The Kier molecular flexibility index (Phi) is 8.23. The van der Waals surface area contributed by atoms with E-state index >= 15 is 0 Å². The second-order valence-corrected chi connectivity index (χ2v) is 10.9. The number of hydrogen-bond acceptors (Lipinski definition) is 6. The van der Waals surface area contributed by atoms with E-state index in [0.29, 0.717) is 29.9 Å². The lowest BCUT2D eigenvalue weighted by atomic mass is 9.99. The number of nitrogens with one attached hydrogen (secondary N) is 1. The van der Waals surface area contributed by atoms with E-state index in [1.165, 1.54) is 24.3 Å². The molecular formula is C24H29N3O7S. The summed E-state index contributed by atoms with van der Waals surface area (Å²) in [7, 11) is -4.10. The van der Waals surface area contributed by atoms with Crippen LogP contribution in [0.15, 0.2) is 53.4 Å². The first-order valence-electron chi connectivity index (χ1n) is 11.4. The molecule has 0 bridgehead atoms. The highest BCUT2D eigenvalue weighted by molar-refractivity contribution is 7.89. The first-order chi connectivity index (χ1) is 16.5. The fraction of sp³-hybridized carbons (Fsp3) is 0.417. The van der Waals surface area contributed by atoms with Crippen LogP contribution < -0.4 is 5.32 Å². The summed E-state index contributed by atoms with van der Waals surface area (Å²) >= 11 is 0. The predicted octanol–water partition coefficient (Wildman–Crippen LogP) is 3.42. The zero-order valence-corrected chi connectivity index (χ0v) is 20.4. The molecule has 0 aromatic heterocycles. The Labute approximate surface area is 204 Å². The highest BCUT2D eigenvalue weighted by Gasteiger charge is 2.41. The predicted molar refractivity (Wildman–Crippen MR) is 129 cm³/mol. The lowest BCUT2D eigenvalue weighted by Gasteiger charge is -2.36. The number of piperidine rings is 1. The third kappa shape index (κ3) is 6.43. The summed E-state index contributed by atoms with van der Waals surface area (Å²) in [6, 6.07) is 10.1. The number of amides is 1. The van der Waals surface area contributed by atoms with Crippen LogP contribution in [0.3, 0.4) is 0 Å². The van der Waals surface area contributed by atoms with Crippen LogP contribution >= 0.6 is 0 Å². The van der Waals surface area contributed by atoms with Gasteiger partial charge in [-0.25, -0.2) is 8.42 Å². The maximum atomic E-state index is 13.3. The monoisotopic (exact) mass is 503 g/mol. The molecule has 2 N–H and O–H groups in total. The SMILES string of the molecule is CC(C)CCC(=O)N[C@@H]1CCN(S(=O)(=O)c2ccc(-c3ccc([N+](=O)[O-])cc3)cc2)[C@@H](C(=O)O)C1. The summed E-state index contributed by atoms with van der Waals surface area (Å²) in [4.78, 5) is 34.4. The minimum absolute atomic E-state index is 0.0111. The number of rotatable bonds is 9. The number of nitro groups is 1. The summed E-state index contributed by atoms with van der Waals surface area (Å²) in [5.41, 5.74) is 1.29. The van der Waals surface area contributed by atoms with Crippen LogP contribution in [0.4, 0.5) is 5.69 Å². The number of carboxylic acids is 1. The van der Waals surface area contributed by atoms with E-state index in [0.717, 1.165) is 10.7 Å². The zero-order chi connectivity index (χ0) is 25.8. The highest BCUT2D eigenvalue weighted by atomic mass is 32.2. The fourth-order valence-electron chi connectivity index (χ4n) is 4.04. The molecular weight excluding hydrogens is 474 g/mol. The van der Waals surface area contributed by atoms with Gasteiger partial charge in [0.15, 0.2) is 0 Å². The molecule has 1 amide bonds. The van der Waals surface area contributed by atoms with Gasteiger partial charge in [0.1, 0.15) is 6.04 Å². The van der Waals surface area contributed by atoms with Gasteiger partial charge in [-0.1, -0.05) is 26.0 Å². The summed E-state index contributed by atoms with van der Waals surface area (Å²) in [6.45, 7) is 3.99. The van der Waals surface area contributed by atoms with Crippen molar-refractivity contribution < 1.29 is 28.0 Å². The molecule has 11 heteroatoms. The lowest BCUT2D eigenvalue weighted by Crippen LogP contribution is -2.54. The van der Waals surface area contributed by atoms with Crippen molar-refractivity contribution in [3.05, 3.63) is 58.6 Å². The van der Waals surface area contributed by atoms with Gasteiger partial charge in [0.2, 0.25) is 15.9 Å². The van der Waals surface area contributed by atoms with Crippen LogP contribution in [0.5, 0.6) is 0 Å². The number of sulfonamides is 1. The Morgan fingerprint density at radius 3 is 2.20 bits per heavy atom. The molecule has 2 aromatic rings. The topological polar surface area (TPSA) is 147 Å². The van der Waals surface area contributed by atoms with Gasteiger partial charge in [0.05, 0.1) is 9.82 Å². The summed E-state index contributed by atoms with van der Waals surface area (Å²) in [6.07, 6.45) is 1.37. The largest absolute Gasteiger partial charge is 0.480 e. The number of benzene rings is 2. The Balaban J connectivity index is 1.73. The number of aliphatic carboxylic acids is 1. The van der Waals surface area contributed by atoms with E-state index < -0.39 is 33.0 Å². The second kappa shape index (κ2) is 11.0. The van der Waals surface area contributed by atoms with Gasteiger partial charge in [-0.15, -0.1) is 0 Å². The molecule has 0 aliphatic carbocycles. The van der Waals surface area contributed by atoms with Crippen LogP contribution in [-0.2, 0) is 19.6 Å². The molecule has 1 fully saturated rings. The van der Waals surface area contributed by atoms with Crippen molar-refractivity contribution in [2.24, 2.45) is 5.92 Å². The van der Waals surface area contributed by atoms with E-state index in [9.17, 15) is 33.2 Å². The third-order valence-corrected chi connectivity index (χ3v) is 7.95. The van der Waals surface area contributed by atoms with E-state index in [2.05, 4.69) is 5.32 Å². The molecule has 35 heavy (non-hydrogen) atoms. The number of nitrogens with zero attached hydrogens (tertiary/aromatic N) is 2. The quantitative estimate of drug-likeness (QED) is 0.394. The van der Waals surface area contributed by atoms with E-state index in [-0.39, 0.29) is 29.5 Å². The first kappa shape index (κ1) is 26.3. The molecule has 1 aliphatic heterocycles. The van der Waals surface area contributed by atoms with Gasteiger partial charge in [-0.2, -0.15) is 4.31 Å². The molecule has 2 atom stereocenters. The molecule has 1 heterocycles. The van der Waals surface area contributed by atoms with Gasteiger partial charge in [0, 0.05) is 31.1 Å². The van der Waals surface area contributed by atoms with Crippen molar-refractivity contribution in [1.82, 2.24) is 9.62 Å².